The van der Waals surface area contributed by atoms with Crippen LogP contribution >= 0.6 is 11.3 Å². The lowest BCUT2D eigenvalue weighted by atomic mass is 10.00. The topological polar surface area (TPSA) is 56.7 Å². The number of aliphatic hydroxyl groups excluding tert-OH is 1. The molecule has 3 rings (SSSR count). The molecule has 2 atom stereocenters. The maximum Gasteiger partial charge on any atom is 0.225 e. The molecule has 2 aliphatic heterocycles. The Morgan fingerprint density at radius 1 is 1.48 bits per heavy atom. The zero-order chi connectivity index (χ0) is 15.0. The third kappa shape index (κ3) is 2.98. The van der Waals surface area contributed by atoms with Gasteiger partial charge in [-0.05, 0) is 32.6 Å². The van der Waals surface area contributed by atoms with Crippen LogP contribution in [0, 0.1) is 0 Å². The highest BCUT2D eigenvalue weighted by molar-refractivity contribution is 7.14. The number of carbonyl (C=O) groups excluding carboxylic acids is 1. The van der Waals surface area contributed by atoms with Crippen molar-refractivity contribution in [3.63, 3.8) is 0 Å². The second-order valence-corrected chi connectivity index (χ2v) is 6.90. The minimum absolute atomic E-state index is 0.0413. The average molecular weight is 309 g/mol. The first-order valence-corrected chi connectivity index (χ1v) is 8.62. The average Bonchev–Trinajstić information content (AvgIpc) is 2.95. The van der Waals surface area contributed by atoms with Crippen LogP contribution in [0.1, 0.15) is 45.2 Å². The third-order valence-electron chi connectivity index (χ3n) is 4.67. The number of anilines is 1. The molecule has 6 heteroatoms. The Kier molecular flexibility index (Phi) is 4.28. The van der Waals surface area contributed by atoms with Gasteiger partial charge >= 0.3 is 0 Å². The maximum atomic E-state index is 11.6. The largest absolute Gasteiger partial charge is 0.393 e. The van der Waals surface area contributed by atoms with Crippen molar-refractivity contribution in [1.82, 2.24) is 9.88 Å². The van der Waals surface area contributed by atoms with Crippen LogP contribution < -0.4 is 4.90 Å². The molecular formula is C15H23N3O2S. The Balaban J connectivity index is 1.69. The van der Waals surface area contributed by atoms with Crippen molar-refractivity contribution < 1.29 is 9.90 Å². The van der Waals surface area contributed by atoms with Crippen LogP contribution in [0.5, 0.6) is 0 Å². The molecule has 2 fully saturated rings. The van der Waals surface area contributed by atoms with Crippen LogP contribution in [0.4, 0.5) is 5.13 Å². The van der Waals surface area contributed by atoms with Crippen LogP contribution in [0.2, 0.25) is 0 Å². The van der Waals surface area contributed by atoms with Gasteiger partial charge in [0.25, 0.3) is 0 Å². The van der Waals surface area contributed by atoms with Gasteiger partial charge < -0.3 is 5.11 Å². The Labute approximate surface area is 129 Å². The minimum Gasteiger partial charge on any atom is -0.393 e. The van der Waals surface area contributed by atoms with Crippen molar-refractivity contribution in [2.75, 3.05) is 11.4 Å². The van der Waals surface area contributed by atoms with Crippen LogP contribution in [-0.4, -0.2) is 45.6 Å². The van der Waals surface area contributed by atoms with E-state index in [0.29, 0.717) is 18.6 Å². The molecular weight excluding hydrogens is 286 g/mol. The molecule has 2 unspecified atom stereocenters. The summed E-state index contributed by atoms with van der Waals surface area (Å²) in [5.74, 6) is 0.0413. The molecule has 116 valence electrons. The van der Waals surface area contributed by atoms with Gasteiger partial charge in [0, 0.05) is 37.5 Å². The van der Waals surface area contributed by atoms with Gasteiger partial charge in [0.2, 0.25) is 5.91 Å². The standard InChI is InChI=1S/C15H23N3O2S/c1-3-17(10(2)19)15-16-11(9-21-15)8-18-12-4-5-13(18)7-14(20)6-12/h9,12-14,20H,3-8H2,1-2H3. The highest BCUT2D eigenvalue weighted by atomic mass is 32.1. The smallest absolute Gasteiger partial charge is 0.225 e. The summed E-state index contributed by atoms with van der Waals surface area (Å²) in [5, 5.41) is 12.7. The number of piperidine rings is 1. The second-order valence-electron chi connectivity index (χ2n) is 6.07. The van der Waals surface area contributed by atoms with Crippen LogP contribution in [0.25, 0.3) is 0 Å². The molecule has 1 aromatic rings. The van der Waals surface area contributed by atoms with Gasteiger partial charge in [-0.2, -0.15) is 0 Å². The summed E-state index contributed by atoms with van der Waals surface area (Å²) in [5.41, 5.74) is 1.04. The highest BCUT2D eigenvalue weighted by Gasteiger charge is 2.40. The number of thiazole rings is 1. The Bertz CT molecular complexity index is 505. The van der Waals surface area contributed by atoms with E-state index in [1.165, 1.54) is 12.8 Å². The van der Waals surface area contributed by atoms with Gasteiger partial charge in [-0.1, -0.05) is 0 Å². The molecule has 1 amide bonds. The van der Waals surface area contributed by atoms with Crippen LogP contribution in [0.15, 0.2) is 5.38 Å². The summed E-state index contributed by atoms with van der Waals surface area (Å²) in [6.45, 7) is 5.04. The summed E-state index contributed by atoms with van der Waals surface area (Å²) >= 11 is 1.54. The highest BCUT2D eigenvalue weighted by Crippen LogP contribution is 2.37. The van der Waals surface area contributed by atoms with Crippen molar-refractivity contribution in [2.24, 2.45) is 0 Å². The van der Waals surface area contributed by atoms with E-state index in [1.807, 2.05) is 6.92 Å². The molecule has 0 spiro atoms. The number of aromatic nitrogens is 1. The Morgan fingerprint density at radius 3 is 2.71 bits per heavy atom. The predicted molar refractivity (Wildman–Crippen MR) is 83.4 cm³/mol. The lowest BCUT2D eigenvalue weighted by Crippen LogP contribution is -2.44. The normalized spacial score (nSPS) is 28.8. The molecule has 0 saturated carbocycles. The van der Waals surface area contributed by atoms with E-state index in [9.17, 15) is 9.90 Å². The van der Waals surface area contributed by atoms with Gasteiger partial charge in [-0.3, -0.25) is 14.6 Å². The number of rotatable bonds is 4. The van der Waals surface area contributed by atoms with E-state index in [1.54, 1.807) is 23.2 Å². The summed E-state index contributed by atoms with van der Waals surface area (Å²) in [7, 11) is 0. The van der Waals surface area contributed by atoms with Gasteiger partial charge in [0.05, 0.1) is 11.8 Å². The zero-order valence-corrected chi connectivity index (χ0v) is 13.5. The van der Waals surface area contributed by atoms with Gasteiger partial charge in [0.15, 0.2) is 5.13 Å². The third-order valence-corrected chi connectivity index (χ3v) is 5.58. The van der Waals surface area contributed by atoms with Crippen molar-refractivity contribution in [3.05, 3.63) is 11.1 Å². The van der Waals surface area contributed by atoms with Crippen molar-refractivity contribution in [1.29, 1.82) is 0 Å². The van der Waals surface area contributed by atoms with Gasteiger partial charge in [0.1, 0.15) is 0 Å². The first-order valence-electron chi connectivity index (χ1n) is 7.74. The van der Waals surface area contributed by atoms with E-state index in [-0.39, 0.29) is 12.0 Å². The van der Waals surface area contributed by atoms with E-state index in [4.69, 9.17) is 0 Å². The maximum absolute atomic E-state index is 11.6. The zero-order valence-electron chi connectivity index (χ0n) is 12.7. The predicted octanol–water partition coefficient (Wildman–Crippen LogP) is 2.00. The van der Waals surface area contributed by atoms with E-state index in [2.05, 4.69) is 15.3 Å². The fourth-order valence-electron chi connectivity index (χ4n) is 3.68. The number of aliphatic hydroxyl groups is 1. The summed E-state index contributed by atoms with van der Waals surface area (Å²) in [6, 6.07) is 0.998. The molecule has 3 heterocycles. The van der Waals surface area contributed by atoms with Crippen molar-refractivity contribution >= 4 is 22.4 Å². The minimum atomic E-state index is -0.127. The molecule has 5 nitrogen and oxygen atoms in total. The van der Waals surface area contributed by atoms with Crippen LogP contribution in [-0.2, 0) is 11.3 Å². The fourth-order valence-corrected chi connectivity index (χ4v) is 4.60. The summed E-state index contributed by atoms with van der Waals surface area (Å²) in [4.78, 5) is 20.4. The molecule has 1 N–H and O–H groups in total. The molecule has 21 heavy (non-hydrogen) atoms. The quantitative estimate of drug-likeness (QED) is 0.924. The first-order chi connectivity index (χ1) is 10.1. The molecule has 2 saturated heterocycles. The summed E-state index contributed by atoms with van der Waals surface area (Å²) in [6.07, 6.45) is 4.03. The van der Waals surface area contributed by atoms with E-state index < -0.39 is 0 Å². The van der Waals surface area contributed by atoms with Gasteiger partial charge in [-0.25, -0.2) is 4.98 Å². The first kappa shape index (κ1) is 14.9. The fraction of sp³-hybridized carbons (Fsp3) is 0.733. The monoisotopic (exact) mass is 309 g/mol. The Hall–Kier alpha value is -0.980. The SMILES string of the molecule is CCN(C(C)=O)c1nc(CN2C3CCC2CC(O)C3)cs1. The Morgan fingerprint density at radius 2 is 2.14 bits per heavy atom. The molecule has 2 bridgehead atoms. The number of nitrogens with zero attached hydrogens (tertiary/aromatic N) is 3. The number of amides is 1. The van der Waals surface area contributed by atoms with E-state index in [0.717, 1.165) is 30.2 Å². The van der Waals surface area contributed by atoms with Gasteiger partial charge in [-0.15, -0.1) is 11.3 Å². The number of hydrogen-bond donors (Lipinski definition) is 1. The van der Waals surface area contributed by atoms with E-state index >= 15 is 0 Å². The van der Waals surface area contributed by atoms with Crippen LogP contribution in [0.3, 0.4) is 0 Å². The second kappa shape index (κ2) is 6.02. The molecule has 1 aromatic heterocycles. The lowest BCUT2D eigenvalue weighted by Gasteiger charge is -2.36. The van der Waals surface area contributed by atoms with Crippen molar-refractivity contribution in [2.45, 2.75) is 64.3 Å². The summed E-state index contributed by atoms with van der Waals surface area (Å²) < 4.78 is 0. The number of carbonyl (C=O) groups is 1. The molecule has 0 aliphatic carbocycles. The van der Waals surface area contributed by atoms with Crippen molar-refractivity contribution in [3.8, 4) is 0 Å². The molecule has 0 aromatic carbocycles. The molecule has 2 aliphatic rings. The molecule has 0 radical (unpaired) electrons. The number of fused-ring (bicyclic) bond motifs is 2. The number of hydrogen-bond acceptors (Lipinski definition) is 5. The lowest BCUT2D eigenvalue weighted by molar-refractivity contribution is -0.116.